The molecule has 1 rings (SSSR count). The van der Waals surface area contributed by atoms with Gasteiger partial charge >= 0.3 is 5.69 Å². The third-order valence-electron chi connectivity index (χ3n) is 2.96. The Labute approximate surface area is 93.6 Å². The van der Waals surface area contributed by atoms with Gasteiger partial charge in [0.15, 0.2) is 0 Å². The van der Waals surface area contributed by atoms with Crippen molar-refractivity contribution in [1.29, 1.82) is 0 Å². The predicted molar refractivity (Wildman–Crippen MR) is 61.2 cm³/mol. The number of aromatic amines is 2. The van der Waals surface area contributed by atoms with Crippen molar-refractivity contribution in [3.05, 3.63) is 22.4 Å². The Balaban J connectivity index is 2.80. The maximum absolute atomic E-state index is 11.8. The van der Waals surface area contributed by atoms with Crippen molar-refractivity contribution in [3.63, 3.8) is 0 Å². The van der Waals surface area contributed by atoms with Crippen LogP contribution < -0.4 is 16.7 Å². The van der Waals surface area contributed by atoms with Crippen LogP contribution in [-0.2, 0) is 0 Å². The topological polar surface area (TPSA) is 104 Å². The van der Waals surface area contributed by atoms with Crippen molar-refractivity contribution >= 4 is 5.91 Å². The number of H-pyrrole nitrogens is 2. The number of rotatable bonds is 5. The average Bonchev–Trinajstić information content (AvgIpc) is 2.73. The smallest absolute Gasteiger partial charge is 0.323 e. The average molecular weight is 226 g/mol. The number of hydrogen-bond donors (Lipinski definition) is 4. The van der Waals surface area contributed by atoms with Crippen molar-refractivity contribution in [2.45, 2.75) is 32.2 Å². The molecule has 0 aromatic carbocycles. The van der Waals surface area contributed by atoms with Gasteiger partial charge in [0.1, 0.15) is 5.69 Å². The van der Waals surface area contributed by atoms with Gasteiger partial charge < -0.3 is 21.0 Å². The minimum Gasteiger partial charge on any atom is -0.344 e. The fourth-order valence-electron chi connectivity index (χ4n) is 1.53. The summed E-state index contributed by atoms with van der Waals surface area (Å²) in [5.74, 6) is -0.312. The van der Waals surface area contributed by atoms with Gasteiger partial charge in [0.2, 0.25) is 0 Å². The molecule has 0 saturated heterocycles. The second-order valence-corrected chi connectivity index (χ2v) is 3.80. The van der Waals surface area contributed by atoms with E-state index in [1.54, 1.807) is 0 Å². The summed E-state index contributed by atoms with van der Waals surface area (Å²) < 4.78 is 0. The van der Waals surface area contributed by atoms with Gasteiger partial charge in [-0.2, -0.15) is 0 Å². The van der Waals surface area contributed by atoms with Crippen molar-refractivity contribution in [1.82, 2.24) is 15.3 Å². The Kier molecular flexibility index (Phi) is 3.89. The normalized spacial score (nSPS) is 11.4. The second-order valence-electron chi connectivity index (χ2n) is 3.80. The van der Waals surface area contributed by atoms with E-state index in [1.165, 1.54) is 6.20 Å². The minimum atomic E-state index is -0.398. The molecule has 0 bridgehead atoms. The number of hydrogen-bond acceptors (Lipinski definition) is 3. The molecule has 90 valence electrons. The third kappa shape index (κ3) is 2.52. The largest absolute Gasteiger partial charge is 0.344 e. The molecule has 0 aliphatic heterocycles. The lowest BCUT2D eigenvalue weighted by Gasteiger charge is -2.31. The molecule has 0 spiro atoms. The minimum absolute atomic E-state index is 0.227. The van der Waals surface area contributed by atoms with Crippen LogP contribution in [0.4, 0.5) is 0 Å². The first-order chi connectivity index (χ1) is 7.56. The first-order valence-electron chi connectivity index (χ1n) is 5.37. The van der Waals surface area contributed by atoms with Gasteiger partial charge in [-0.15, -0.1) is 0 Å². The fraction of sp³-hybridized carbons (Fsp3) is 0.600. The zero-order valence-corrected chi connectivity index (χ0v) is 9.59. The summed E-state index contributed by atoms with van der Waals surface area (Å²) in [4.78, 5) is 27.4. The highest BCUT2D eigenvalue weighted by Crippen LogP contribution is 2.13. The summed E-state index contributed by atoms with van der Waals surface area (Å²) in [7, 11) is 0. The Hall–Kier alpha value is -1.56. The van der Waals surface area contributed by atoms with Crippen LogP contribution in [-0.4, -0.2) is 28.0 Å². The molecular weight excluding hydrogens is 208 g/mol. The van der Waals surface area contributed by atoms with Crippen molar-refractivity contribution in [2.24, 2.45) is 5.73 Å². The molecule has 1 amide bonds. The Bertz CT molecular complexity index is 395. The van der Waals surface area contributed by atoms with Crippen LogP contribution in [0.25, 0.3) is 0 Å². The Morgan fingerprint density at radius 3 is 2.50 bits per heavy atom. The number of carbonyl (C=O) groups is 1. The quantitative estimate of drug-likeness (QED) is 0.566. The first kappa shape index (κ1) is 12.5. The lowest BCUT2D eigenvalue weighted by molar-refractivity contribution is 0.0890. The van der Waals surface area contributed by atoms with Crippen LogP contribution in [0.1, 0.15) is 37.2 Å². The summed E-state index contributed by atoms with van der Waals surface area (Å²) >= 11 is 0. The van der Waals surface area contributed by atoms with Gasteiger partial charge in [-0.05, 0) is 12.8 Å². The predicted octanol–water partition coefficient (Wildman–Crippen LogP) is -0.0497. The van der Waals surface area contributed by atoms with Gasteiger partial charge in [-0.25, -0.2) is 4.79 Å². The second kappa shape index (κ2) is 4.98. The third-order valence-corrected chi connectivity index (χ3v) is 2.96. The summed E-state index contributed by atoms with van der Waals surface area (Å²) in [5.41, 5.74) is 5.10. The van der Waals surface area contributed by atoms with Gasteiger partial charge in [0.05, 0.1) is 5.54 Å². The molecule has 0 fully saturated rings. The molecule has 0 atom stereocenters. The highest BCUT2D eigenvalue weighted by molar-refractivity contribution is 5.92. The molecular formula is C10H18N4O2. The summed E-state index contributed by atoms with van der Waals surface area (Å²) in [6.45, 7) is 4.31. The lowest BCUT2D eigenvalue weighted by Crippen LogP contribution is -2.53. The van der Waals surface area contributed by atoms with Crippen molar-refractivity contribution < 1.29 is 4.79 Å². The van der Waals surface area contributed by atoms with E-state index in [0.29, 0.717) is 6.54 Å². The maximum atomic E-state index is 11.8. The molecule has 0 aliphatic rings. The number of amides is 1. The van der Waals surface area contributed by atoms with Gasteiger partial charge in [0.25, 0.3) is 5.91 Å². The summed E-state index contributed by atoms with van der Waals surface area (Å²) in [6, 6.07) is 0. The first-order valence-corrected chi connectivity index (χ1v) is 5.37. The van der Waals surface area contributed by atoms with Gasteiger partial charge in [0, 0.05) is 12.7 Å². The van der Waals surface area contributed by atoms with Gasteiger partial charge in [-0.3, -0.25) is 4.79 Å². The number of nitrogens with one attached hydrogen (secondary N) is 3. The van der Waals surface area contributed by atoms with E-state index >= 15 is 0 Å². The SMILES string of the molecule is CCC(CC)(CN)NC(=O)c1c[nH]c(=O)[nH]1. The van der Waals surface area contributed by atoms with E-state index < -0.39 is 11.2 Å². The van der Waals surface area contributed by atoms with E-state index in [1.807, 2.05) is 13.8 Å². The zero-order chi connectivity index (χ0) is 12.2. The molecule has 1 heterocycles. The van der Waals surface area contributed by atoms with Crippen molar-refractivity contribution in [3.8, 4) is 0 Å². The van der Waals surface area contributed by atoms with Crippen LogP contribution in [0.3, 0.4) is 0 Å². The molecule has 1 aromatic rings. The highest BCUT2D eigenvalue weighted by Gasteiger charge is 2.27. The van der Waals surface area contributed by atoms with Crippen LogP contribution in [0.5, 0.6) is 0 Å². The number of carbonyl (C=O) groups excluding carboxylic acids is 1. The molecule has 0 radical (unpaired) electrons. The number of imidazole rings is 1. The van der Waals surface area contributed by atoms with E-state index in [2.05, 4.69) is 15.3 Å². The lowest BCUT2D eigenvalue weighted by atomic mass is 9.93. The molecule has 6 heteroatoms. The summed E-state index contributed by atoms with van der Waals surface area (Å²) in [5, 5.41) is 2.86. The molecule has 5 N–H and O–H groups in total. The van der Waals surface area contributed by atoms with Crippen LogP contribution in [0.15, 0.2) is 11.0 Å². The molecule has 6 nitrogen and oxygen atoms in total. The Morgan fingerprint density at radius 2 is 2.12 bits per heavy atom. The van der Waals surface area contributed by atoms with E-state index in [0.717, 1.165) is 12.8 Å². The van der Waals surface area contributed by atoms with Crippen LogP contribution in [0.2, 0.25) is 0 Å². The van der Waals surface area contributed by atoms with E-state index in [9.17, 15) is 9.59 Å². The molecule has 0 unspecified atom stereocenters. The molecule has 1 aromatic heterocycles. The molecule has 16 heavy (non-hydrogen) atoms. The Morgan fingerprint density at radius 1 is 1.50 bits per heavy atom. The highest BCUT2D eigenvalue weighted by atomic mass is 16.2. The monoisotopic (exact) mass is 226 g/mol. The fourth-order valence-corrected chi connectivity index (χ4v) is 1.53. The molecule has 0 saturated carbocycles. The van der Waals surface area contributed by atoms with Gasteiger partial charge in [-0.1, -0.05) is 13.8 Å². The van der Waals surface area contributed by atoms with Crippen LogP contribution >= 0.6 is 0 Å². The van der Waals surface area contributed by atoms with Crippen molar-refractivity contribution in [2.75, 3.05) is 6.54 Å². The molecule has 0 aliphatic carbocycles. The maximum Gasteiger partial charge on any atom is 0.323 e. The van der Waals surface area contributed by atoms with Crippen LogP contribution in [0, 0.1) is 0 Å². The standard InChI is InChI=1S/C10H18N4O2/c1-3-10(4-2,6-11)14-8(15)7-5-12-9(16)13-7/h5H,3-4,6,11H2,1-2H3,(H,14,15)(H2,12,13,16). The van der Waals surface area contributed by atoms with E-state index in [4.69, 9.17) is 5.73 Å². The zero-order valence-electron chi connectivity index (χ0n) is 9.59. The summed E-state index contributed by atoms with van der Waals surface area (Å²) in [6.07, 6.45) is 2.85. The number of nitrogens with two attached hydrogens (primary N) is 1. The number of aromatic nitrogens is 2. The van der Waals surface area contributed by atoms with E-state index in [-0.39, 0.29) is 11.6 Å².